The molecule has 0 fully saturated rings. The zero-order valence-corrected chi connectivity index (χ0v) is 7.27. The molecule has 14 heavy (non-hydrogen) atoms. The van der Waals surface area contributed by atoms with E-state index in [4.69, 9.17) is 9.84 Å². The highest BCUT2D eigenvalue weighted by atomic mass is 16.6. The molecule has 0 aliphatic carbocycles. The number of benzene rings is 1. The molecule has 0 atom stereocenters. The summed E-state index contributed by atoms with van der Waals surface area (Å²) in [7, 11) is 0. The molecule has 5 nitrogen and oxygen atoms in total. The maximum absolute atomic E-state index is 10.9. The van der Waals surface area contributed by atoms with E-state index in [9.17, 15) is 9.59 Å². The fraction of sp³-hybridized carbons (Fsp3) is 0.111. The molecule has 74 valence electrons. The van der Waals surface area contributed by atoms with Gasteiger partial charge in [0.1, 0.15) is 12.3 Å². The number of aliphatic carboxylic acids is 1. The third kappa shape index (κ3) is 3.57. The van der Waals surface area contributed by atoms with Crippen molar-refractivity contribution in [1.29, 1.82) is 0 Å². The van der Waals surface area contributed by atoms with Crippen LogP contribution in [-0.4, -0.2) is 23.7 Å². The summed E-state index contributed by atoms with van der Waals surface area (Å²) in [5.41, 5.74) is 0. The van der Waals surface area contributed by atoms with Gasteiger partial charge in [0.05, 0.1) is 0 Å². The van der Waals surface area contributed by atoms with Gasteiger partial charge in [0.2, 0.25) is 0 Å². The summed E-state index contributed by atoms with van der Waals surface area (Å²) in [4.78, 5) is 21.0. The number of rotatable bonds is 3. The lowest BCUT2D eigenvalue weighted by Gasteiger charge is -2.03. The average Bonchev–Trinajstić information content (AvgIpc) is 2.16. The molecule has 0 spiro atoms. The Bertz CT molecular complexity index is 323. The first-order valence-electron chi connectivity index (χ1n) is 3.91. The van der Waals surface area contributed by atoms with E-state index in [2.05, 4.69) is 5.32 Å². The predicted octanol–water partition coefficient (Wildman–Crippen LogP) is 0.860. The van der Waals surface area contributed by atoms with E-state index in [-0.39, 0.29) is 0 Å². The number of carboxylic acids is 1. The highest BCUT2D eigenvalue weighted by Crippen LogP contribution is 2.07. The molecule has 0 aliphatic rings. The van der Waals surface area contributed by atoms with Crippen molar-refractivity contribution in [1.82, 2.24) is 5.32 Å². The van der Waals surface area contributed by atoms with Crippen LogP contribution in [0, 0.1) is 0 Å². The smallest absolute Gasteiger partial charge is 0.413 e. The topological polar surface area (TPSA) is 75.6 Å². The van der Waals surface area contributed by atoms with E-state index in [0.29, 0.717) is 5.75 Å². The first kappa shape index (κ1) is 10.0. The molecular weight excluding hydrogens is 186 g/mol. The van der Waals surface area contributed by atoms with E-state index >= 15 is 0 Å². The van der Waals surface area contributed by atoms with Gasteiger partial charge >= 0.3 is 12.1 Å². The monoisotopic (exact) mass is 195 g/mol. The van der Waals surface area contributed by atoms with Crippen molar-refractivity contribution in [2.24, 2.45) is 0 Å². The second-order valence-electron chi connectivity index (χ2n) is 2.45. The summed E-state index contributed by atoms with van der Waals surface area (Å²) < 4.78 is 4.75. The van der Waals surface area contributed by atoms with Gasteiger partial charge in [-0.2, -0.15) is 0 Å². The summed E-state index contributed by atoms with van der Waals surface area (Å²) in [5, 5.41) is 10.3. The molecule has 1 aromatic carbocycles. The highest BCUT2D eigenvalue weighted by Gasteiger charge is 2.04. The van der Waals surface area contributed by atoms with Crippen LogP contribution < -0.4 is 10.1 Å². The normalized spacial score (nSPS) is 9.14. The van der Waals surface area contributed by atoms with Crippen LogP contribution in [0.25, 0.3) is 0 Å². The summed E-state index contributed by atoms with van der Waals surface area (Å²) >= 11 is 0. The third-order valence-electron chi connectivity index (χ3n) is 1.34. The molecule has 0 radical (unpaired) electrons. The van der Waals surface area contributed by atoms with Gasteiger partial charge in [0, 0.05) is 0 Å². The van der Waals surface area contributed by atoms with Crippen molar-refractivity contribution < 1.29 is 19.4 Å². The Morgan fingerprint density at radius 3 is 2.50 bits per heavy atom. The van der Waals surface area contributed by atoms with Crippen LogP contribution in [0.2, 0.25) is 0 Å². The Kier molecular flexibility index (Phi) is 3.49. The van der Waals surface area contributed by atoms with E-state index in [1.807, 2.05) is 0 Å². The average molecular weight is 195 g/mol. The van der Waals surface area contributed by atoms with Gasteiger partial charge in [-0.25, -0.2) is 4.79 Å². The van der Waals surface area contributed by atoms with Crippen molar-refractivity contribution in [2.45, 2.75) is 0 Å². The maximum Gasteiger partial charge on any atom is 0.413 e. The number of carbonyl (C=O) groups excluding carboxylic acids is 1. The largest absolute Gasteiger partial charge is 0.480 e. The molecule has 1 rings (SSSR count). The zero-order valence-electron chi connectivity index (χ0n) is 7.27. The quantitative estimate of drug-likeness (QED) is 0.750. The van der Waals surface area contributed by atoms with Crippen LogP contribution in [0.4, 0.5) is 4.79 Å². The molecule has 5 heteroatoms. The first-order chi connectivity index (χ1) is 6.68. The number of carboxylic acid groups (broad SMARTS) is 1. The molecule has 0 bridgehead atoms. The van der Waals surface area contributed by atoms with E-state index in [1.54, 1.807) is 30.3 Å². The zero-order chi connectivity index (χ0) is 10.4. The lowest BCUT2D eigenvalue weighted by atomic mass is 10.3. The Balaban J connectivity index is 2.38. The molecule has 0 aliphatic heterocycles. The standard InChI is InChI=1S/C9H9NO4/c11-8(12)6-10-9(13)14-7-4-2-1-3-5-7/h1-5H,6H2,(H,10,13)(H,11,12). The number of hydrogen-bond donors (Lipinski definition) is 2. The van der Waals surface area contributed by atoms with Crippen LogP contribution in [0.15, 0.2) is 30.3 Å². The molecule has 0 unspecified atom stereocenters. The predicted molar refractivity (Wildman–Crippen MR) is 48.1 cm³/mol. The van der Waals surface area contributed by atoms with Crippen molar-refractivity contribution >= 4 is 12.1 Å². The maximum atomic E-state index is 10.9. The number of para-hydroxylation sites is 1. The minimum atomic E-state index is -1.12. The summed E-state index contributed by atoms with van der Waals surface area (Å²) in [6.45, 7) is -0.453. The molecule has 2 N–H and O–H groups in total. The lowest BCUT2D eigenvalue weighted by molar-refractivity contribution is -0.135. The van der Waals surface area contributed by atoms with Crippen LogP contribution >= 0.6 is 0 Å². The second kappa shape index (κ2) is 4.86. The molecule has 0 saturated heterocycles. The lowest BCUT2D eigenvalue weighted by Crippen LogP contribution is -2.31. The van der Waals surface area contributed by atoms with Crippen LogP contribution in [-0.2, 0) is 4.79 Å². The van der Waals surface area contributed by atoms with Crippen LogP contribution in [0.3, 0.4) is 0 Å². The Hall–Kier alpha value is -2.04. The minimum absolute atomic E-state index is 0.371. The van der Waals surface area contributed by atoms with Gasteiger partial charge in [-0.1, -0.05) is 18.2 Å². The first-order valence-corrected chi connectivity index (χ1v) is 3.91. The molecule has 1 amide bonds. The third-order valence-corrected chi connectivity index (χ3v) is 1.34. The Morgan fingerprint density at radius 1 is 1.29 bits per heavy atom. The molecule has 0 heterocycles. The van der Waals surface area contributed by atoms with E-state index < -0.39 is 18.6 Å². The molecular formula is C9H9NO4. The van der Waals surface area contributed by atoms with Crippen molar-refractivity contribution in [3.8, 4) is 5.75 Å². The highest BCUT2D eigenvalue weighted by molar-refractivity contribution is 5.77. The number of hydrogen-bond acceptors (Lipinski definition) is 3. The van der Waals surface area contributed by atoms with Crippen molar-refractivity contribution in [3.63, 3.8) is 0 Å². The van der Waals surface area contributed by atoms with Gasteiger partial charge in [0.25, 0.3) is 0 Å². The fourth-order valence-electron chi connectivity index (χ4n) is 0.779. The molecule has 0 saturated carbocycles. The van der Waals surface area contributed by atoms with Gasteiger partial charge in [-0.3, -0.25) is 4.79 Å². The Morgan fingerprint density at radius 2 is 1.93 bits per heavy atom. The Labute approximate surface area is 80.3 Å². The summed E-state index contributed by atoms with van der Waals surface area (Å²) in [6, 6.07) is 8.39. The summed E-state index contributed by atoms with van der Waals surface area (Å²) in [6.07, 6.45) is -0.779. The molecule has 1 aromatic rings. The summed E-state index contributed by atoms with van der Waals surface area (Å²) in [5.74, 6) is -0.745. The van der Waals surface area contributed by atoms with Crippen LogP contribution in [0.5, 0.6) is 5.75 Å². The van der Waals surface area contributed by atoms with E-state index in [1.165, 1.54) is 0 Å². The number of carbonyl (C=O) groups is 2. The van der Waals surface area contributed by atoms with Crippen molar-refractivity contribution in [2.75, 3.05) is 6.54 Å². The SMILES string of the molecule is O=C(O)CNC(=O)Oc1ccccc1. The number of nitrogens with one attached hydrogen (secondary N) is 1. The fourth-order valence-corrected chi connectivity index (χ4v) is 0.779. The van der Waals surface area contributed by atoms with Gasteiger partial charge in [0.15, 0.2) is 0 Å². The second-order valence-corrected chi connectivity index (χ2v) is 2.45. The minimum Gasteiger partial charge on any atom is -0.480 e. The van der Waals surface area contributed by atoms with E-state index in [0.717, 1.165) is 0 Å². The van der Waals surface area contributed by atoms with Gasteiger partial charge in [-0.05, 0) is 12.1 Å². The van der Waals surface area contributed by atoms with Gasteiger partial charge < -0.3 is 15.2 Å². The number of amides is 1. The van der Waals surface area contributed by atoms with Crippen molar-refractivity contribution in [3.05, 3.63) is 30.3 Å². The van der Waals surface area contributed by atoms with Gasteiger partial charge in [-0.15, -0.1) is 0 Å². The molecule has 0 aromatic heterocycles. The van der Waals surface area contributed by atoms with Crippen LogP contribution in [0.1, 0.15) is 0 Å². The number of ether oxygens (including phenoxy) is 1.